The Kier molecular flexibility index (Phi) is 3.87. The van der Waals surface area contributed by atoms with Gasteiger partial charge in [-0.15, -0.1) is 0 Å². The molecule has 0 bridgehead atoms. The first kappa shape index (κ1) is 17.1. The van der Waals surface area contributed by atoms with E-state index in [1.54, 1.807) is 18.5 Å². The van der Waals surface area contributed by atoms with Crippen LogP contribution in [0.25, 0.3) is 16.6 Å². The van der Waals surface area contributed by atoms with Crippen LogP contribution in [0.1, 0.15) is 35.4 Å². The second kappa shape index (κ2) is 6.12. The van der Waals surface area contributed by atoms with Gasteiger partial charge in [0.25, 0.3) is 5.56 Å². The molecule has 0 amide bonds. The highest BCUT2D eigenvalue weighted by Crippen LogP contribution is 2.44. The van der Waals surface area contributed by atoms with Gasteiger partial charge < -0.3 is 15.6 Å². The van der Waals surface area contributed by atoms with Crippen molar-refractivity contribution in [2.75, 3.05) is 5.73 Å². The van der Waals surface area contributed by atoms with Crippen molar-refractivity contribution in [3.63, 3.8) is 0 Å². The second-order valence-electron chi connectivity index (χ2n) is 6.91. The van der Waals surface area contributed by atoms with Crippen molar-refractivity contribution in [2.24, 2.45) is 0 Å². The fourth-order valence-electron chi connectivity index (χ4n) is 3.49. The molecule has 0 radical (unpaired) electrons. The number of aryl methyl sites for hydroxylation is 2. The fourth-order valence-corrected chi connectivity index (χ4v) is 3.49. The van der Waals surface area contributed by atoms with Gasteiger partial charge in [-0.2, -0.15) is 0 Å². The lowest BCUT2D eigenvalue weighted by Gasteiger charge is -2.16. The number of aromatic nitrogens is 2. The number of anilines is 1. The number of nitrogens with zero attached hydrogens (tertiary/aromatic N) is 2. The molecule has 3 aromatic heterocycles. The van der Waals surface area contributed by atoms with Crippen LogP contribution in [-0.4, -0.2) is 20.6 Å². The number of carboxylic acid groups (broad SMARTS) is 1. The highest BCUT2D eigenvalue weighted by Gasteiger charge is 2.29. The van der Waals surface area contributed by atoms with Crippen molar-refractivity contribution >= 4 is 17.5 Å². The number of fused-ring (bicyclic) bond motifs is 1. The molecule has 3 heterocycles. The van der Waals surface area contributed by atoms with Crippen molar-refractivity contribution in [3.8, 4) is 16.9 Å². The minimum Gasteiger partial charge on any atom is -0.449 e. The molecule has 0 aliphatic heterocycles. The molecule has 7 nitrogen and oxygen atoms in total. The summed E-state index contributed by atoms with van der Waals surface area (Å²) in [6.07, 6.45) is 3.90. The Morgan fingerprint density at radius 3 is 2.70 bits per heavy atom. The topological polar surface area (TPSA) is 107 Å². The molecule has 0 aromatic carbocycles. The number of ether oxygens (including phenoxy) is 1. The monoisotopic (exact) mass is 365 g/mol. The Balaban J connectivity index is 1.99. The van der Waals surface area contributed by atoms with E-state index in [2.05, 4.69) is 4.98 Å². The summed E-state index contributed by atoms with van der Waals surface area (Å²) in [7, 11) is 0. The second-order valence-corrected chi connectivity index (χ2v) is 6.91. The lowest BCUT2D eigenvalue weighted by atomic mass is 9.97. The van der Waals surface area contributed by atoms with Gasteiger partial charge in [-0.05, 0) is 73.1 Å². The molecule has 0 spiro atoms. The Bertz CT molecular complexity index is 1150. The van der Waals surface area contributed by atoms with Gasteiger partial charge in [0.15, 0.2) is 5.75 Å². The lowest BCUT2D eigenvalue weighted by Crippen LogP contribution is -2.20. The predicted octanol–water partition coefficient (Wildman–Crippen LogP) is 3.49. The third-order valence-corrected chi connectivity index (χ3v) is 5.02. The van der Waals surface area contributed by atoms with E-state index in [0.29, 0.717) is 11.7 Å². The molecule has 0 unspecified atom stereocenters. The number of carbonyl (C=O) groups is 1. The molecule has 4 rings (SSSR count). The first-order chi connectivity index (χ1) is 12.9. The molecule has 0 atom stereocenters. The molecule has 7 heteroatoms. The maximum absolute atomic E-state index is 12.7. The van der Waals surface area contributed by atoms with E-state index in [0.717, 1.165) is 46.2 Å². The van der Waals surface area contributed by atoms with E-state index in [-0.39, 0.29) is 5.75 Å². The average Bonchev–Trinajstić information content (AvgIpc) is 3.45. The van der Waals surface area contributed by atoms with Crippen molar-refractivity contribution in [1.29, 1.82) is 0 Å². The minimum absolute atomic E-state index is 0.168. The number of hydrogen-bond donors (Lipinski definition) is 2. The maximum atomic E-state index is 12.7. The minimum atomic E-state index is -1.49. The van der Waals surface area contributed by atoms with E-state index in [9.17, 15) is 9.59 Å². The summed E-state index contributed by atoms with van der Waals surface area (Å²) < 4.78 is 6.19. The molecule has 1 saturated carbocycles. The number of pyridine rings is 3. The van der Waals surface area contributed by atoms with E-state index in [4.69, 9.17) is 15.6 Å². The Morgan fingerprint density at radius 2 is 2.07 bits per heavy atom. The summed E-state index contributed by atoms with van der Waals surface area (Å²) in [5.41, 5.74) is 10.8. The molecule has 0 saturated heterocycles. The summed E-state index contributed by atoms with van der Waals surface area (Å²) in [5.74, 6) is 0.624. The van der Waals surface area contributed by atoms with E-state index in [1.165, 1.54) is 4.40 Å². The van der Waals surface area contributed by atoms with Crippen LogP contribution in [0.4, 0.5) is 10.6 Å². The molecule has 3 aromatic rings. The highest BCUT2D eigenvalue weighted by atomic mass is 16.7. The Hall–Kier alpha value is -3.35. The zero-order valence-electron chi connectivity index (χ0n) is 15.0. The third kappa shape index (κ3) is 2.91. The standard InChI is InChI=1S/C20H19N3O4/c1-10-7-13(9-22-18(10)21)14-5-6-23-17(11(14)2)15(12-3-4-12)8-16(19(23)24)27-20(25)26/h5-9,12H,3-4H2,1-2H3,(H2,21,22)(H,25,26). The van der Waals surface area contributed by atoms with Crippen LogP contribution in [0.15, 0.2) is 35.4 Å². The number of rotatable bonds is 3. The van der Waals surface area contributed by atoms with Crippen LogP contribution < -0.4 is 16.0 Å². The van der Waals surface area contributed by atoms with Crippen LogP contribution in [0, 0.1) is 13.8 Å². The van der Waals surface area contributed by atoms with Gasteiger partial charge in [0.1, 0.15) is 5.82 Å². The highest BCUT2D eigenvalue weighted by molar-refractivity contribution is 5.78. The molecule has 3 N–H and O–H groups in total. The van der Waals surface area contributed by atoms with E-state index < -0.39 is 11.7 Å². The van der Waals surface area contributed by atoms with Crippen molar-refractivity contribution < 1.29 is 14.6 Å². The van der Waals surface area contributed by atoms with Crippen LogP contribution in [0.3, 0.4) is 0 Å². The number of hydrogen-bond acceptors (Lipinski definition) is 5. The van der Waals surface area contributed by atoms with Gasteiger partial charge >= 0.3 is 6.16 Å². The molecule has 138 valence electrons. The van der Waals surface area contributed by atoms with Crippen LogP contribution >= 0.6 is 0 Å². The van der Waals surface area contributed by atoms with Crippen molar-refractivity contribution in [2.45, 2.75) is 32.6 Å². The zero-order chi connectivity index (χ0) is 19.3. The zero-order valence-corrected chi connectivity index (χ0v) is 15.0. The average molecular weight is 365 g/mol. The van der Waals surface area contributed by atoms with Crippen molar-refractivity contribution in [3.05, 3.63) is 57.6 Å². The summed E-state index contributed by atoms with van der Waals surface area (Å²) in [5, 5.41) is 8.92. The van der Waals surface area contributed by atoms with E-state index in [1.807, 2.05) is 26.0 Å². The largest absolute Gasteiger partial charge is 0.511 e. The van der Waals surface area contributed by atoms with Gasteiger partial charge in [-0.1, -0.05) is 0 Å². The third-order valence-electron chi connectivity index (χ3n) is 5.02. The first-order valence-corrected chi connectivity index (χ1v) is 8.69. The lowest BCUT2D eigenvalue weighted by molar-refractivity contribution is 0.143. The molecule has 1 aliphatic carbocycles. The van der Waals surface area contributed by atoms with E-state index >= 15 is 0 Å². The van der Waals surface area contributed by atoms with Gasteiger partial charge in [0.05, 0.1) is 5.52 Å². The van der Waals surface area contributed by atoms with Gasteiger partial charge in [0.2, 0.25) is 0 Å². The predicted molar refractivity (Wildman–Crippen MR) is 101 cm³/mol. The van der Waals surface area contributed by atoms with Gasteiger partial charge in [-0.25, -0.2) is 9.78 Å². The van der Waals surface area contributed by atoms with Crippen LogP contribution in [-0.2, 0) is 0 Å². The van der Waals surface area contributed by atoms with Gasteiger partial charge in [0, 0.05) is 18.0 Å². The maximum Gasteiger partial charge on any atom is 0.511 e. The molecular formula is C20H19N3O4. The van der Waals surface area contributed by atoms with Crippen molar-refractivity contribution in [1.82, 2.24) is 9.38 Å². The normalized spacial score (nSPS) is 13.7. The molecule has 1 aliphatic rings. The molecule has 1 fully saturated rings. The van der Waals surface area contributed by atoms with Crippen LogP contribution in [0.2, 0.25) is 0 Å². The summed E-state index contributed by atoms with van der Waals surface area (Å²) in [6, 6.07) is 5.38. The number of nitrogen functional groups attached to an aromatic ring is 1. The van der Waals surface area contributed by atoms with Gasteiger partial charge in [-0.3, -0.25) is 9.20 Å². The smallest absolute Gasteiger partial charge is 0.449 e. The SMILES string of the molecule is Cc1cc(-c2ccn3c(=O)c(OC(=O)O)cc(C4CC4)c3c2C)cnc1N. The Labute approximate surface area is 155 Å². The fraction of sp³-hybridized carbons (Fsp3) is 0.250. The molecule has 27 heavy (non-hydrogen) atoms. The van der Waals surface area contributed by atoms with Crippen LogP contribution in [0.5, 0.6) is 5.75 Å². The quantitative estimate of drug-likeness (QED) is 0.688. The molecular weight excluding hydrogens is 346 g/mol. The summed E-state index contributed by atoms with van der Waals surface area (Å²) in [6.45, 7) is 3.86. The summed E-state index contributed by atoms with van der Waals surface area (Å²) in [4.78, 5) is 27.9. The first-order valence-electron chi connectivity index (χ1n) is 8.69. The number of nitrogens with two attached hydrogens (primary N) is 1. The Morgan fingerprint density at radius 1 is 1.33 bits per heavy atom. The summed E-state index contributed by atoms with van der Waals surface area (Å²) >= 11 is 0.